The third-order valence-electron chi connectivity index (χ3n) is 7.42. The normalized spacial score (nSPS) is 18.9. The van der Waals surface area contributed by atoms with Crippen molar-refractivity contribution in [2.45, 2.75) is 31.6 Å². The lowest BCUT2D eigenvalue weighted by Gasteiger charge is -2.32. The molecule has 3 aromatic rings. The van der Waals surface area contributed by atoms with Gasteiger partial charge in [0.05, 0.1) is 6.26 Å². The fraction of sp³-hybridized carbons (Fsp3) is 0.357. The van der Waals surface area contributed by atoms with E-state index >= 15 is 0 Å². The molecule has 1 aliphatic carbocycles. The molecule has 1 aliphatic heterocycles. The van der Waals surface area contributed by atoms with Gasteiger partial charge < -0.3 is 14.6 Å². The van der Waals surface area contributed by atoms with Crippen molar-refractivity contribution in [3.8, 4) is 0 Å². The summed E-state index contributed by atoms with van der Waals surface area (Å²) in [4.78, 5) is 27.3. The van der Waals surface area contributed by atoms with Crippen molar-refractivity contribution in [1.82, 2.24) is 10.2 Å². The minimum atomic E-state index is -0.0515. The van der Waals surface area contributed by atoms with Crippen LogP contribution in [0.5, 0.6) is 0 Å². The van der Waals surface area contributed by atoms with E-state index in [0.717, 1.165) is 25.7 Å². The third kappa shape index (κ3) is 4.58. The van der Waals surface area contributed by atoms with Crippen LogP contribution in [0, 0.1) is 11.3 Å². The fourth-order valence-corrected chi connectivity index (χ4v) is 5.34. The van der Waals surface area contributed by atoms with Crippen molar-refractivity contribution < 1.29 is 14.0 Å². The lowest BCUT2D eigenvalue weighted by atomic mass is 9.88. The van der Waals surface area contributed by atoms with Crippen LogP contribution in [0.25, 0.3) is 0 Å². The van der Waals surface area contributed by atoms with Crippen LogP contribution in [0.15, 0.2) is 83.5 Å². The highest BCUT2D eigenvalue weighted by molar-refractivity contribution is 5.91. The summed E-state index contributed by atoms with van der Waals surface area (Å²) < 4.78 is 5.25. The van der Waals surface area contributed by atoms with Gasteiger partial charge in [-0.15, -0.1) is 0 Å². The zero-order chi connectivity index (χ0) is 22.7. The second-order valence-electron chi connectivity index (χ2n) is 9.34. The van der Waals surface area contributed by atoms with Crippen LogP contribution in [0.3, 0.4) is 0 Å². The van der Waals surface area contributed by atoms with Crippen LogP contribution in [0.1, 0.15) is 53.3 Å². The quantitative estimate of drug-likeness (QED) is 0.568. The predicted molar refractivity (Wildman–Crippen MR) is 127 cm³/mol. The van der Waals surface area contributed by atoms with Gasteiger partial charge in [0.25, 0.3) is 5.91 Å². The SMILES string of the molecule is O=C(NCCC(c1ccccc1)c1ccccc1)[C@H]1CC12CCN(C(=O)c1ccco1)CC2. The number of hydrogen-bond acceptors (Lipinski definition) is 3. The Morgan fingerprint density at radius 3 is 2.15 bits per heavy atom. The molecule has 0 unspecified atom stereocenters. The first kappa shape index (κ1) is 21.5. The Balaban J connectivity index is 1.13. The fourth-order valence-electron chi connectivity index (χ4n) is 5.34. The predicted octanol–water partition coefficient (Wildman–Crippen LogP) is 4.86. The number of nitrogens with zero attached hydrogens (tertiary/aromatic N) is 1. The van der Waals surface area contributed by atoms with Gasteiger partial charge in [-0.05, 0) is 54.4 Å². The number of amides is 2. The van der Waals surface area contributed by atoms with E-state index in [1.807, 2.05) is 17.0 Å². The van der Waals surface area contributed by atoms with Crippen molar-refractivity contribution in [3.05, 3.63) is 95.9 Å². The van der Waals surface area contributed by atoms with E-state index in [1.54, 1.807) is 12.1 Å². The molecule has 1 aromatic heterocycles. The van der Waals surface area contributed by atoms with Crippen molar-refractivity contribution in [2.75, 3.05) is 19.6 Å². The van der Waals surface area contributed by atoms with E-state index in [2.05, 4.69) is 53.8 Å². The molecule has 1 atom stereocenters. The number of hydrogen-bond donors (Lipinski definition) is 1. The molecule has 2 heterocycles. The van der Waals surface area contributed by atoms with Crippen LogP contribution in [-0.4, -0.2) is 36.3 Å². The van der Waals surface area contributed by atoms with Crippen LogP contribution in [0.4, 0.5) is 0 Å². The molecule has 2 aromatic carbocycles. The molecule has 2 amide bonds. The molecule has 2 fully saturated rings. The average molecular weight is 443 g/mol. The maximum absolute atomic E-state index is 12.9. The molecule has 1 spiro atoms. The summed E-state index contributed by atoms with van der Waals surface area (Å²) in [5, 5.41) is 3.21. The highest BCUT2D eigenvalue weighted by atomic mass is 16.3. The number of nitrogens with one attached hydrogen (secondary N) is 1. The zero-order valence-corrected chi connectivity index (χ0v) is 18.8. The summed E-state index contributed by atoms with van der Waals surface area (Å²) in [6.45, 7) is 2.03. The maximum atomic E-state index is 12.9. The van der Waals surface area contributed by atoms with Crippen LogP contribution in [-0.2, 0) is 4.79 Å². The van der Waals surface area contributed by atoms with Crippen molar-refractivity contribution in [3.63, 3.8) is 0 Å². The Morgan fingerprint density at radius 2 is 1.58 bits per heavy atom. The molecule has 170 valence electrons. The second-order valence-corrected chi connectivity index (χ2v) is 9.34. The standard InChI is InChI=1S/C28H30N2O3/c31-26(24-20-28(24)14-17-30(18-15-28)27(32)25-12-7-19-33-25)29-16-13-23(21-8-3-1-4-9-21)22-10-5-2-6-11-22/h1-12,19,23-24H,13-18,20H2,(H,29,31)/t24-/m1/s1. The first-order valence-corrected chi connectivity index (χ1v) is 11.9. The number of carbonyl (C=O) groups is 2. The molecular weight excluding hydrogens is 412 g/mol. The summed E-state index contributed by atoms with van der Waals surface area (Å²) in [7, 11) is 0. The molecule has 1 saturated carbocycles. The molecule has 0 radical (unpaired) electrons. The average Bonchev–Trinajstić information content (AvgIpc) is 3.28. The lowest BCUT2D eigenvalue weighted by molar-refractivity contribution is -0.123. The summed E-state index contributed by atoms with van der Waals surface area (Å²) in [5.41, 5.74) is 2.62. The molecule has 0 bridgehead atoms. The highest BCUT2D eigenvalue weighted by Gasteiger charge is 2.58. The van der Waals surface area contributed by atoms with E-state index in [0.29, 0.717) is 25.4 Å². The topological polar surface area (TPSA) is 62.6 Å². The summed E-state index contributed by atoms with van der Waals surface area (Å²) in [6, 6.07) is 24.4. The van der Waals surface area contributed by atoms with E-state index in [-0.39, 0.29) is 29.1 Å². The first-order chi connectivity index (χ1) is 16.2. The van der Waals surface area contributed by atoms with Gasteiger partial charge in [0.15, 0.2) is 5.76 Å². The van der Waals surface area contributed by atoms with E-state index < -0.39 is 0 Å². The van der Waals surface area contributed by atoms with Gasteiger partial charge in [-0.3, -0.25) is 9.59 Å². The number of furan rings is 1. The molecule has 5 rings (SSSR count). The van der Waals surface area contributed by atoms with Gasteiger partial charge >= 0.3 is 0 Å². The number of likely N-dealkylation sites (tertiary alicyclic amines) is 1. The first-order valence-electron chi connectivity index (χ1n) is 11.9. The number of benzene rings is 2. The highest BCUT2D eigenvalue weighted by Crippen LogP contribution is 2.59. The molecule has 1 saturated heterocycles. The molecule has 1 N–H and O–H groups in total. The molecule has 5 nitrogen and oxygen atoms in total. The van der Waals surface area contributed by atoms with Gasteiger partial charge in [-0.25, -0.2) is 0 Å². The summed E-state index contributed by atoms with van der Waals surface area (Å²) in [6.07, 6.45) is 5.09. The molecular formula is C28H30N2O3. The Labute approximate surface area is 194 Å². The van der Waals surface area contributed by atoms with Gasteiger partial charge in [0.1, 0.15) is 0 Å². The lowest BCUT2D eigenvalue weighted by Crippen LogP contribution is -2.40. The Bertz CT molecular complexity index is 1030. The molecule has 33 heavy (non-hydrogen) atoms. The second kappa shape index (κ2) is 9.26. The van der Waals surface area contributed by atoms with Gasteiger partial charge in [-0.2, -0.15) is 0 Å². The van der Waals surface area contributed by atoms with Gasteiger partial charge in [0.2, 0.25) is 5.91 Å². The van der Waals surface area contributed by atoms with Crippen molar-refractivity contribution in [2.24, 2.45) is 11.3 Å². The Hall–Kier alpha value is -3.34. The number of piperidine rings is 1. The Kier molecular flexibility index (Phi) is 6.03. The smallest absolute Gasteiger partial charge is 0.289 e. The monoisotopic (exact) mass is 442 g/mol. The minimum absolute atomic E-state index is 0.0515. The summed E-state index contributed by atoms with van der Waals surface area (Å²) in [5.74, 6) is 0.842. The van der Waals surface area contributed by atoms with Crippen LogP contribution < -0.4 is 5.32 Å². The minimum Gasteiger partial charge on any atom is -0.459 e. The third-order valence-corrected chi connectivity index (χ3v) is 7.42. The largest absolute Gasteiger partial charge is 0.459 e. The van der Waals surface area contributed by atoms with E-state index in [1.165, 1.54) is 17.4 Å². The van der Waals surface area contributed by atoms with Gasteiger partial charge in [-0.1, -0.05) is 60.7 Å². The van der Waals surface area contributed by atoms with Gasteiger partial charge in [0, 0.05) is 31.5 Å². The Morgan fingerprint density at radius 1 is 0.939 bits per heavy atom. The van der Waals surface area contributed by atoms with Crippen LogP contribution >= 0.6 is 0 Å². The van der Waals surface area contributed by atoms with E-state index in [4.69, 9.17) is 4.42 Å². The summed E-state index contributed by atoms with van der Waals surface area (Å²) >= 11 is 0. The van der Waals surface area contributed by atoms with Crippen molar-refractivity contribution >= 4 is 11.8 Å². The molecule has 2 aliphatic rings. The van der Waals surface area contributed by atoms with Crippen LogP contribution in [0.2, 0.25) is 0 Å². The number of rotatable bonds is 7. The van der Waals surface area contributed by atoms with E-state index in [9.17, 15) is 9.59 Å². The van der Waals surface area contributed by atoms with Crippen molar-refractivity contribution in [1.29, 1.82) is 0 Å². The number of carbonyl (C=O) groups excluding carboxylic acids is 2. The zero-order valence-electron chi connectivity index (χ0n) is 18.8. The molecule has 5 heteroatoms. The maximum Gasteiger partial charge on any atom is 0.289 e.